The number of hydrogen-bond donors (Lipinski definition) is 1. The Hall–Kier alpha value is -2.85. The zero-order valence-corrected chi connectivity index (χ0v) is 19.4. The Morgan fingerprint density at radius 2 is 1.74 bits per heavy atom. The third-order valence-corrected chi connectivity index (χ3v) is 6.55. The normalized spacial score (nSPS) is 10.8. The van der Waals surface area contributed by atoms with Crippen LogP contribution in [0.15, 0.2) is 29.4 Å². The van der Waals surface area contributed by atoms with Gasteiger partial charge in [0.2, 0.25) is 0 Å². The number of anilines is 1. The monoisotopic (exact) mass is 460 g/mol. The number of rotatable bonds is 8. The second kappa shape index (κ2) is 9.97. The number of hydrogen-bond acceptors (Lipinski definition) is 9. The lowest BCUT2D eigenvalue weighted by Crippen LogP contribution is -2.11. The lowest BCUT2D eigenvalue weighted by Gasteiger charge is -2.08. The molecule has 31 heavy (non-hydrogen) atoms. The molecule has 0 unspecified atom stereocenters. The van der Waals surface area contributed by atoms with Gasteiger partial charge in [-0.25, -0.2) is 9.59 Å². The SMILES string of the molecule is CCOC(=O)c1sc(N)c(C(=O)OCC)c1CSc1nnc(-c2ccc(C)cc2)n1C. The number of aromatic nitrogens is 3. The van der Waals surface area contributed by atoms with Crippen molar-refractivity contribution in [2.45, 2.75) is 31.7 Å². The molecule has 0 bridgehead atoms. The zero-order chi connectivity index (χ0) is 22.5. The largest absolute Gasteiger partial charge is 0.462 e. The lowest BCUT2D eigenvalue weighted by atomic mass is 10.1. The van der Waals surface area contributed by atoms with Gasteiger partial charge in [0.1, 0.15) is 9.88 Å². The van der Waals surface area contributed by atoms with Crippen molar-refractivity contribution in [2.24, 2.45) is 7.05 Å². The van der Waals surface area contributed by atoms with E-state index in [0.717, 1.165) is 28.3 Å². The van der Waals surface area contributed by atoms with Gasteiger partial charge in [0.25, 0.3) is 0 Å². The molecular weight excluding hydrogens is 436 g/mol. The first kappa shape index (κ1) is 22.8. The number of benzene rings is 1. The van der Waals surface area contributed by atoms with E-state index in [1.165, 1.54) is 11.8 Å². The Balaban J connectivity index is 1.91. The van der Waals surface area contributed by atoms with E-state index in [0.29, 0.717) is 15.6 Å². The maximum absolute atomic E-state index is 12.5. The maximum Gasteiger partial charge on any atom is 0.348 e. The molecule has 10 heteroatoms. The molecule has 1 aromatic carbocycles. The molecule has 0 saturated carbocycles. The van der Waals surface area contributed by atoms with Crippen LogP contribution >= 0.6 is 23.1 Å². The van der Waals surface area contributed by atoms with Crippen LogP contribution in [0.1, 0.15) is 45.0 Å². The van der Waals surface area contributed by atoms with Gasteiger partial charge in [-0.2, -0.15) is 0 Å². The molecule has 0 saturated heterocycles. The number of carbonyl (C=O) groups is 2. The number of aryl methyl sites for hydroxylation is 1. The van der Waals surface area contributed by atoms with Crippen LogP contribution in [0.25, 0.3) is 11.4 Å². The van der Waals surface area contributed by atoms with Crippen molar-refractivity contribution in [1.29, 1.82) is 0 Å². The van der Waals surface area contributed by atoms with E-state index >= 15 is 0 Å². The van der Waals surface area contributed by atoms with E-state index in [2.05, 4.69) is 10.2 Å². The maximum atomic E-state index is 12.5. The second-order valence-electron chi connectivity index (χ2n) is 6.61. The predicted molar refractivity (Wildman–Crippen MR) is 121 cm³/mol. The van der Waals surface area contributed by atoms with Crippen molar-refractivity contribution >= 4 is 40.0 Å². The third-order valence-electron chi connectivity index (χ3n) is 4.46. The van der Waals surface area contributed by atoms with Crippen LogP contribution < -0.4 is 5.73 Å². The minimum Gasteiger partial charge on any atom is -0.462 e. The molecule has 8 nitrogen and oxygen atoms in total. The summed E-state index contributed by atoms with van der Waals surface area (Å²) in [7, 11) is 1.87. The van der Waals surface area contributed by atoms with Crippen molar-refractivity contribution < 1.29 is 19.1 Å². The van der Waals surface area contributed by atoms with Gasteiger partial charge in [-0.1, -0.05) is 41.6 Å². The fourth-order valence-corrected chi connectivity index (χ4v) is 4.94. The molecule has 0 amide bonds. The highest BCUT2D eigenvalue weighted by Crippen LogP contribution is 2.36. The van der Waals surface area contributed by atoms with Gasteiger partial charge in [0.05, 0.1) is 18.8 Å². The minimum atomic E-state index is -0.555. The third kappa shape index (κ3) is 4.91. The van der Waals surface area contributed by atoms with Gasteiger partial charge >= 0.3 is 11.9 Å². The Morgan fingerprint density at radius 3 is 2.39 bits per heavy atom. The van der Waals surface area contributed by atoms with Crippen molar-refractivity contribution in [2.75, 3.05) is 18.9 Å². The van der Waals surface area contributed by atoms with E-state index in [1.807, 2.05) is 42.8 Å². The lowest BCUT2D eigenvalue weighted by molar-refractivity contribution is 0.0527. The van der Waals surface area contributed by atoms with Crippen LogP contribution in [-0.4, -0.2) is 39.9 Å². The number of nitrogens with two attached hydrogens (primary N) is 1. The highest BCUT2D eigenvalue weighted by Gasteiger charge is 2.28. The first-order chi connectivity index (χ1) is 14.9. The van der Waals surface area contributed by atoms with Gasteiger partial charge < -0.3 is 19.8 Å². The number of carbonyl (C=O) groups excluding carboxylic acids is 2. The first-order valence-corrected chi connectivity index (χ1v) is 11.5. The summed E-state index contributed by atoms with van der Waals surface area (Å²) in [5, 5.41) is 9.44. The fourth-order valence-electron chi connectivity index (χ4n) is 2.94. The van der Waals surface area contributed by atoms with Gasteiger partial charge in [-0.3, -0.25) is 0 Å². The summed E-state index contributed by atoms with van der Waals surface area (Å²) in [5.74, 6) is -0.0523. The number of thioether (sulfide) groups is 1. The molecule has 0 radical (unpaired) electrons. The molecule has 0 aliphatic carbocycles. The van der Waals surface area contributed by atoms with E-state index in [-0.39, 0.29) is 29.5 Å². The highest BCUT2D eigenvalue weighted by molar-refractivity contribution is 7.98. The van der Waals surface area contributed by atoms with Crippen LogP contribution in [0.4, 0.5) is 5.00 Å². The van der Waals surface area contributed by atoms with Gasteiger partial charge in [0.15, 0.2) is 11.0 Å². The van der Waals surface area contributed by atoms with Gasteiger partial charge in [0, 0.05) is 23.9 Å². The first-order valence-electron chi connectivity index (χ1n) is 9.71. The summed E-state index contributed by atoms with van der Waals surface area (Å²) in [5.41, 5.74) is 8.88. The molecule has 3 rings (SSSR count). The number of nitrogen functional groups attached to an aromatic ring is 1. The second-order valence-corrected chi connectivity index (χ2v) is 8.60. The van der Waals surface area contributed by atoms with E-state index in [4.69, 9.17) is 15.2 Å². The molecule has 2 heterocycles. The Bertz CT molecular complexity index is 1090. The molecular formula is C21H24N4O4S2. The van der Waals surface area contributed by atoms with Crippen molar-refractivity contribution in [3.8, 4) is 11.4 Å². The fraction of sp³-hybridized carbons (Fsp3) is 0.333. The van der Waals surface area contributed by atoms with E-state index in [9.17, 15) is 9.59 Å². The molecule has 2 aromatic heterocycles. The van der Waals surface area contributed by atoms with Crippen molar-refractivity contribution in [3.05, 3.63) is 45.8 Å². The molecule has 0 aliphatic heterocycles. The summed E-state index contributed by atoms with van der Waals surface area (Å²) in [4.78, 5) is 25.2. The summed E-state index contributed by atoms with van der Waals surface area (Å²) < 4.78 is 12.2. The predicted octanol–water partition coefficient (Wildman–Crippen LogP) is 4.08. The van der Waals surface area contributed by atoms with E-state index in [1.54, 1.807) is 13.8 Å². The number of thiophene rings is 1. The number of nitrogens with zero attached hydrogens (tertiary/aromatic N) is 3. The van der Waals surface area contributed by atoms with Gasteiger partial charge in [-0.05, 0) is 20.8 Å². The molecule has 0 spiro atoms. The zero-order valence-electron chi connectivity index (χ0n) is 17.8. The van der Waals surface area contributed by atoms with E-state index < -0.39 is 11.9 Å². The standard InChI is InChI=1S/C21H24N4O4S2/c1-5-28-19(26)15-14(16(31-17(15)22)20(27)29-6-2)11-30-21-24-23-18(25(21)4)13-9-7-12(3)8-10-13/h7-10H,5-6,11,22H2,1-4H3. The quantitative estimate of drug-likeness (QED) is 0.396. The molecule has 164 valence electrons. The molecule has 0 aliphatic rings. The van der Waals surface area contributed by atoms with Crippen LogP contribution in [0, 0.1) is 6.92 Å². The van der Waals surface area contributed by atoms with Crippen LogP contribution in [0.2, 0.25) is 0 Å². The molecule has 0 atom stereocenters. The molecule has 2 N–H and O–H groups in total. The van der Waals surface area contributed by atoms with Crippen molar-refractivity contribution in [1.82, 2.24) is 14.8 Å². The summed E-state index contributed by atoms with van der Waals surface area (Å²) in [6.45, 7) is 5.89. The van der Waals surface area contributed by atoms with Crippen LogP contribution in [-0.2, 0) is 22.3 Å². The van der Waals surface area contributed by atoms with Crippen LogP contribution in [0.3, 0.4) is 0 Å². The summed E-state index contributed by atoms with van der Waals surface area (Å²) >= 11 is 2.39. The van der Waals surface area contributed by atoms with Crippen LogP contribution in [0.5, 0.6) is 0 Å². The number of ether oxygens (including phenoxy) is 2. The average Bonchev–Trinajstić information content (AvgIpc) is 3.27. The van der Waals surface area contributed by atoms with Gasteiger partial charge in [-0.15, -0.1) is 21.5 Å². The molecule has 0 fully saturated rings. The smallest absolute Gasteiger partial charge is 0.348 e. The minimum absolute atomic E-state index is 0.207. The summed E-state index contributed by atoms with van der Waals surface area (Å²) in [6.07, 6.45) is 0. The number of esters is 2. The Kier molecular flexibility index (Phi) is 7.34. The Morgan fingerprint density at radius 1 is 1.10 bits per heavy atom. The average molecular weight is 461 g/mol. The van der Waals surface area contributed by atoms with Crippen molar-refractivity contribution in [3.63, 3.8) is 0 Å². The topological polar surface area (TPSA) is 109 Å². The highest BCUT2D eigenvalue weighted by atomic mass is 32.2. The molecule has 3 aromatic rings. The Labute approximate surface area is 188 Å². The summed E-state index contributed by atoms with van der Waals surface area (Å²) in [6, 6.07) is 8.01.